The van der Waals surface area contributed by atoms with E-state index in [1.807, 2.05) is 19.1 Å². The summed E-state index contributed by atoms with van der Waals surface area (Å²) in [6.45, 7) is 5.48. The maximum absolute atomic E-state index is 13.8. The molecule has 1 aliphatic heterocycles. The lowest BCUT2D eigenvalue weighted by atomic mass is 10.0. The number of nitrogens with one attached hydrogen (secondary N) is 1. The predicted octanol–water partition coefficient (Wildman–Crippen LogP) is 4.29. The Morgan fingerprint density at radius 3 is 2.46 bits per heavy atom. The van der Waals surface area contributed by atoms with E-state index in [2.05, 4.69) is 22.3 Å². The summed E-state index contributed by atoms with van der Waals surface area (Å²) in [5, 5.41) is 2.96. The minimum atomic E-state index is -0.717. The van der Waals surface area contributed by atoms with Crippen LogP contribution in [-0.4, -0.2) is 30.0 Å². The van der Waals surface area contributed by atoms with E-state index in [1.165, 1.54) is 30.9 Å². The first kappa shape index (κ1) is 20.3. The van der Waals surface area contributed by atoms with Crippen LogP contribution in [0.5, 0.6) is 5.75 Å². The van der Waals surface area contributed by atoms with Gasteiger partial charge in [0.25, 0.3) is 5.91 Å². The summed E-state index contributed by atoms with van der Waals surface area (Å²) < 4.78 is 19.4. The van der Waals surface area contributed by atoms with Gasteiger partial charge in [-0.15, -0.1) is 0 Å². The summed E-state index contributed by atoms with van der Waals surface area (Å²) in [6.07, 6.45) is 3.57. The standard InChI is InChI=1S/C23H29FN2O2/c1-2-21(28-22-13-7-6-12-20(22)24)23(27)25-16-18-10-4-5-11-19(18)17-26-14-8-3-9-15-26/h4-7,10-13,21H,2-3,8-9,14-17H2,1H3,(H,25,27)/t21-/m0/s1. The zero-order valence-corrected chi connectivity index (χ0v) is 16.5. The molecular weight excluding hydrogens is 355 g/mol. The highest BCUT2D eigenvalue weighted by Gasteiger charge is 2.20. The van der Waals surface area contributed by atoms with Crippen molar-refractivity contribution in [3.63, 3.8) is 0 Å². The number of halogens is 1. The fourth-order valence-electron chi connectivity index (χ4n) is 3.55. The van der Waals surface area contributed by atoms with Crippen LogP contribution in [0.2, 0.25) is 0 Å². The van der Waals surface area contributed by atoms with Crippen LogP contribution in [0.1, 0.15) is 43.7 Å². The molecule has 2 aromatic carbocycles. The lowest BCUT2D eigenvalue weighted by molar-refractivity contribution is -0.128. The second-order valence-electron chi connectivity index (χ2n) is 7.27. The molecule has 4 nitrogen and oxygen atoms in total. The number of amides is 1. The molecule has 0 unspecified atom stereocenters. The Balaban J connectivity index is 1.59. The molecule has 1 aliphatic rings. The SMILES string of the molecule is CC[C@H](Oc1ccccc1F)C(=O)NCc1ccccc1CN1CCCCC1. The van der Waals surface area contributed by atoms with E-state index < -0.39 is 11.9 Å². The summed E-state index contributed by atoms with van der Waals surface area (Å²) >= 11 is 0. The molecule has 1 N–H and O–H groups in total. The third-order valence-electron chi connectivity index (χ3n) is 5.18. The summed E-state index contributed by atoms with van der Waals surface area (Å²) in [7, 11) is 0. The molecule has 0 saturated carbocycles. The van der Waals surface area contributed by atoms with Crippen LogP contribution in [0.25, 0.3) is 0 Å². The number of rotatable bonds is 8. The van der Waals surface area contributed by atoms with Crippen LogP contribution in [0.15, 0.2) is 48.5 Å². The third-order valence-corrected chi connectivity index (χ3v) is 5.18. The minimum absolute atomic E-state index is 0.106. The van der Waals surface area contributed by atoms with E-state index in [1.54, 1.807) is 18.2 Å². The van der Waals surface area contributed by atoms with Crippen molar-refractivity contribution in [2.75, 3.05) is 13.1 Å². The first-order valence-corrected chi connectivity index (χ1v) is 10.2. The van der Waals surface area contributed by atoms with Gasteiger partial charge >= 0.3 is 0 Å². The van der Waals surface area contributed by atoms with Crippen LogP contribution in [-0.2, 0) is 17.9 Å². The normalized spacial score (nSPS) is 15.8. The van der Waals surface area contributed by atoms with Crippen molar-refractivity contribution in [1.29, 1.82) is 0 Å². The molecular formula is C23H29FN2O2. The highest BCUT2D eigenvalue weighted by molar-refractivity contribution is 5.81. The van der Waals surface area contributed by atoms with Crippen LogP contribution in [0, 0.1) is 5.82 Å². The van der Waals surface area contributed by atoms with E-state index in [-0.39, 0.29) is 11.7 Å². The average molecular weight is 384 g/mol. The van der Waals surface area contributed by atoms with Crippen LogP contribution in [0.4, 0.5) is 4.39 Å². The summed E-state index contributed by atoms with van der Waals surface area (Å²) in [5.74, 6) is -0.575. The van der Waals surface area contributed by atoms with E-state index >= 15 is 0 Å². The number of carbonyl (C=O) groups is 1. The van der Waals surface area contributed by atoms with Crippen LogP contribution < -0.4 is 10.1 Å². The van der Waals surface area contributed by atoms with Crippen molar-refractivity contribution in [1.82, 2.24) is 10.2 Å². The fraction of sp³-hybridized carbons (Fsp3) is 0.435. The van der Waals surface area contributed by atoms with Gasteiger partial charge in [0.05, 0.1) is 0 Å². The number of ether oxygens (including phenoxy) is 1. The molecule has 28 heavy (non-hydrogen) atoms. The van der Waals surface area contributed by atoms with E-state index in [0.29, 0.717) is 13.0 Å². The average Bonchev–Trinajstić information content (AvgIpc) is 2.73. The number of piperidine rings is 1. The molecule has 0 radical (unpaired) electrons. The zero-order chi connectivity index (χ0) is 19.8. The van der Waals surface area contributed by atoms with Gasteiger partial charge in [-0.25, -0.2) is 4.39 Å². The largest absolute Gasteiger partial charge is 0.478 e. The Morgan fingerprint density at radius 1 is 1.07 bits per heavy atom. The van der Waals surface area contributed by atoms with Gasteiger partial charge in [0.1, 0.15) is 0 Å². The molecule has 2 aromatic rings. The molecule has 1 fully saturated rings. The Labute approximate surface area is 166 Å². The Bertz CT molecular complexity index is 775. The van der Waals surface area contributed by atoms with Crippen molar-refractivity contribution < 1.29 is 13.9 Å². The first-order valence-electron chi connectivity index (χ1n) is 10.2. The molecule has 5 heteroatoms. The molecule has 1 saturated heterocycles. The van der Waals surface area contributed by atoms with Gasteiger partial charge in [-0.1, -0.05) is 49.7 Å². The zero-order valence-electron chi connectivity index (χ0n) is 16.5. The van der Waals surface area contributed by atoms with Crippen LogP contribution in [0.3, 0.4) is 0 Å². The topological polar surface area (TPSA) is 41.6 Å². The molecule has 1 amide bonds. The molecule has 0 spiro atoms. The quantitative estimate of drug-likeness (QED) is 0.738. The minimum Gasteiger partial charge on any atom is -0.478 e. The lowest BCUT2D eigenvalue weighted by Crippen LogP contribution is -2.38. The molecule has 1 atom stereocenters. The van der Waals surface area contributed by atoms with Crippen molar-refractivity contribution >= 4 is 5.91 Å². The highest BCUT2D eigenvalue weighted by Crippen LogP contribution is 2.19. The number of hydrogen-bond acceptors (Lipinski definition) is 3. The van der Waals surface area contributed by atoms with E-state index in [4.69, 9.17) is 4.74 Å². The maximum atomic E-state index is 13.8. The van der Waals surface area contributed by atoms with Gasteiger partial charge in [0.15, 0.2) is 17.7 Å². The van der Waals surface area contributed by atoms with Crippen molar-refractivity contribution in [2.45, 2.75) is 51.8 Å². The molecule has 0 aromatic heterocycles. The molecule has 150 valence electrons. The fourth-order valence-corrected chi connectivity index (χ4v) is 3.55. The molecule has 3 rings (SSSR count). The Morgan fingerprint density at radius 2 is 1.75 bits per heavy atom. The van der Waals surface area contributed by atoms with Crippen molar-refractivity contribution in [2.24, 2.45) is 0 Å². The van der Waals surface area contributed by atoms with Gasteiger partial charge in [-0.2, -0.15) is 0 Å². The van der Waals surface area contributed by atoms with Gasteiger partial charge in [-0.05, 0) is 55.6 Å². The van der Waals surface area contributed by atoms with Gasteiger partial charge in [0, 0.05) is 13.1 Å². The molecule has 0 aliphatic carbocycles. The van der Waals surface area contributed by atoms with Gasteiger partial charge in [0.2, 0.25) is 0 Å². The third kappa shape index (κ3) is 5.55. The number of carbonyl (C=O) groups excluding carboxylic acids is 1. The summed E-state index contributed by atoms with van der Waals surface area (Å²) in [4.78, 5) is 15.1. The number of hydrogen-bond donors (Lipinski definition) is 1. The Hall–Kier alpha value is -2.40. The number of nitrogens with zero attached hydrogens (tertiary/aromatic N) is 1. The Kier molecular flexibility index (Phi) is 7.43. The first-order chi connectivity index (χ1) is 13.7. The van der Waals surface area contributed by atoms with Crippen LogP contribution >= 0.6 is 0 Å². The van der Waals surface area contributed by atoms with Gasteiger partial charge in [-0.3, -0.25) is 9.69 Å². The second-order valence-corrected chi connectivity index (χ2v) is 7.27. The number of likely N-dealkylation sites (tertiary alicyclic amines) is 1. The molecule has 0 bridgehead atoms. The highest BCUT2D eigenvalue weighted by atomic mass is 19.1. The van der Waals surface area contributed by atoms with E-state index in [0.717, 1.165) is 25.2 Å². The monoisotopic (exact) mass is 384 g/mol. The smallest absolute Gasteiger partial charge is 0.261 e. The number of benzene rings is 2. The maximum Gasteiger partial charge on any atom is 0.261 e. The van der Waals surface area contributed by atoms with E-state index in [9.17, 15) is 9.18 Å². The molecule has 1 heterocycles. The summed E-state index contributed by atoms with van der Waals surface area (Å²) in [5.41, 5.74) is 2.36. The predicted molar refractivity (Wildman–Crippen MR) is 109 cm³/mol. The second kappa shape index (κ2) is 10.2. The summed E-state index contributed by atoms with van der Waals surface area (Å²) in [6, 6.07) is 14.4. The van der Waals surface area contributed by atoms with Gasteiger partial charge < -0.3 is 10.1 Å². The lowest BCUT2D eigenvalue weighted by Gasteiger charge is -2.27. The van der Waals surface area contributed by atoms with Crippen molar-refractivity contribution in [3.8, 4) is 5.75 Å². The van der Waals surface area contributed by atoms with Crippen molar-refractivity contribution in [3.05, 3.63) is 65.5 Å². The number of para-hydroxylation sites is 1.